The Labute approximate surface area is 172 Å². The number of rotatable bonds is 6. The van der Waals surface area contributed by atoms with Crippen molar-refractivity contribution in [2.45, 2.75) is 58.3 Å². The van der Waals surface area contributed by atoms with Crippen LogP contribution in [-0.4, -0.2) is 23.5 Å². The predicted octanol–water partition coefficient (Wildman–Crippen LogP) is 4.86. The highest BCUT2D eigenvalue weighted by molar-refractivity contribution is 7.09. The van der Waals surface area contributed by atoms with E-state index in [9.17, 15) is 18.0 Å². The van der Waals surface area contributed by atoms with Gasteiger partial charge in [-0.05, 0) is 69.2 Å². The van der Waals surface area contributed by atoms with Crippen molar-refractivity contribution in [2.24, 2.45) is 5.92 Å². The molecule has 0 atom stereocenters. The zero-order chi connectivity index (χ0) is 21.0. The molecule has 29 heavy (non-hydrogen) atoms. The van der Waals surface area contributed by atoms with E-state index in [0.717, 1.165) is 55.1 Å². The number of benzene rings is 1. The Hall–Kier alpha value is -1.93. The van der Waals surface area contributed by atoms with E-state index in [4.69, 9.17) is 0 Å². The smallest absolute Gasteiger partial charge is 0.352 e. The number of amides is 1. The summed E-state index contributed by atoms with van der Waals surface area (Å²) in [6, 6.07) is 3.91. The highest BCUT2D eigenvalue weighted by Gasteiger charge is 2.31. The first-order valence-corrected chi connectivity index (χ1v) is 10.7. The van der Waals surface area contributed by atoms with Crippen molar-refractivity contribution in [3.8, 4) is 0 Å². The molecule has 0 saturated heterocycles. The van der Waals surface area contributed by atoms with Crippen molar-refractivity contribution in [1.82, 2.24) is 15.6 Å². The Morgan fingerprint density at radius 2 is 1.90 bits per heavy atom. The van der Waals surface area contributed by atoms with Crippen LogP contribution in [0.4, 0.5) is 13.2 Å². The molecule has 1 aliphatic carbocycles. The quantitative estimate of drug-likeness (QED) is 0.695. The van der Waals surface area contributed by atoms with Crippen LogP contribution < -0.4 is 10.6 Å². The fourth-order valence-electron chi connectivity index (χ4n) is 3.73. The van der Waals surface area contributed by atoms with E-state index in [1.54, 1.807) is 18.3 Å². The first-order chi connectivity index (χ1) is 13.7. The molecule has 1 fully saturated rings. The molecule has 2 N–H and O–H groups in total. The first kappa shape index (κ1) is 21.8. The standard InChI is InChI=1S/C21H26F3N3OS/c1-13-7-16(9-17(8-13)21(22,23)24)20(28)26-10-15-3-5-18(6-4-15)25-11-19-12-29-14(2)27-19/h7-9,12,15,18,25H,3-6,10-11H2,1-2H3,(H,26,28). The van der Waals surface area contributed by atoms with Gasteiger partial charge in [-0.2, -0.15) is 13.2 Å². The SMILES string of the molecule is Cc1cc(C(=O)NCC2CCC(NCc3csc(C)n3)CC2)cc(C(F)(F)F)c1. The number of hydrogen-bond donors (Lipinski definition) is 2. The summed E-state index contributed by atoms with van der Waals surface area (Å²) in [5.41, 5.74) is 0.765. The predicted molar refractivity (Wildman–Crippen MR) is 108 cm³/mol. The average Bonchev–Trinajstić information content (AvgIpc) is 3.09. The van der Waals surface area contributed by atoms with Crippen molar-refractivity contribution >= 4 is 17.2 Å². The Morgan fingerprint density at radius 3 is 2.52 bits per heavy atom. The first-order valence-electron chi connectivity index (χ1n) is 9.82. The summed E-state index contributed by atoms with van der Waals surface area (Å²) in [7, 11) is 0. The van der Waals surface area contributed by atoms with E-state index in [2.05, 4.69) is 21.0 Å². The minimum Gasteiger partial charge on any atom is -0.352 e. The highest BCUT2D eigenvalue weighted by Crippen LogP contribution is 2.30. The molecule has 8 heteroatoms. The van der Waals surface area contributed by atoms with Gasteiger partial charge in [-0.15, -0.1) is 11.3 Å². The molecule has 0 aliphatic heterocycles. The summed E-state index contributed by atoms with van der Waals surface area (Å²) < 4.78 is 38.9. The molecule has 1 amide bonds. The van der Waals surface area contributed by atoms with E-state index in [1.165, 1.54) is 6.07 Å². The number of nitrogens with one attached hydrogen (secondary N) is 2. The van der Waals surface area contributed by atoms with Crippen LogP contribution >= 0.6 is 11.3 Å². The van der Waals surface area contributed by atoms with Crippen LogP contribution in [-0.2, 0) is 12.7 Å². The van der Waals surface area contributed by atoms with Crippen LogP contribution in [0.3, 0.4) is 0 Å². The topological polar surface area (TPSA) is 54.0 Å². The third-order valence-electron chi connectivity index (χ3n) is 5.30. The molecule has 1 aromatic heterocycles. The highest BCUT2D eigenvalue weighted by atomic mass is 32.1. The van der Waals surface area contributed by atoms with Crippen molar-refractivity contribution in [3.63, 3.8) is 0 Å². The van der Waals surface area contributed by atoms with Gasteiger partial charge in [0.2, 0.25) is 0 Å². The maximum absolute atomic E-state index is 13.0. The summed E-state index contributed by atoms with van der Waals surface area (Å²) in [5.74, 6) is -0.0937. The Bertz CT molecular complexity index is 842. The summed E-state index contributed by atoms with van der Waals surface area (Å²) in [6.45, 7) is 4.82. The van der Waals surface area contributed by atoms with E-state index in [-0.39, 0.29) is 5.56 Å². The number of halogens is 3. The lowest BCUT2D eigenvalue weighted by atomic mass is 9.86. The van der Waals surface area contributed by atoms with Gasteiger partial charge < -0.3 is 10.6 Å². The third kappa shape index (κ3) is 6.27. The second kappa shape index (κ2) is 9.26. The van der Waals surface area contributed by atoms with Gasteiger partial charge in [0, 0.05) is 30.1 Å². The lowest BCUT2D eigenvalue weighted by Crippen LogP contribution is -2.36. The summed E-state index contributed by atoms with van der Waals surface area (Å²) in [4.78, 5) is 16.8. The van der Waals surface area contributed by atoms with Gasteiger partial charge in [0.25, 0.3) is 5.91 Å². The Balaban J connectivity index is 1.44. The van der Waals surface area contributed by atoms with Crippen LogP contribution in [0.1, 0.15) is 57.9 Å². The molecule has 0 spiro atoms. The van der Waals surface area contributed by atoms with Gasteiger partial charge in [0.05, 0.1) is 16.3 Å². The Kier molecular flexibility index (Phi) is 6.95. The maximum atomic E-state index is 13.0. The van der Waals surface area contributed by atoms with Crippen LogP contribution in [0.2, 0.25) is 0 Å². The van der Waals surface area contributed by atoms with Crippen LogP contribution in [0.15, 0.2) is 23.6 Å². The second-order valence-electron chi connectivity index (χ2n) is 7.75. The molecule has 0 unspecified atom stereocenters. The van der Waals surface area contributed by atoms with Gasteiger partial charge in [0.15, 0.2) is 0 Å². The Morgan fingerprint density at radius 1 is 1.17 bits per heavy atom. The molecule has 2 aromatic rings. The number of carbonyl (C=O) groups excluding carboxylic acids is 1. The molecular formula is C21H26F3N3OS. The van der Waals surface area contributed by atoms with Gasteiger partial charge >= 0.3 is 6.18 Å². The third-order valence-corrected chi connectivity index (χ3v) is 6.13. The van der Waals surface area contributed by atoms with Gasteiger partial charge in [-0.25, -0.2) is 4.98 Å². The monoisotopic (exact) mass is 425 g/mol. The van der Waals surface area contributed by atoms with Crippen molar-refractivity contribution in [2.75, 3.05) is 6.54 Å². The van der Waals surface area contributed by atoms with Crippen LogP contribution in [0.25, 0.3) is 0 Å². The van der Waals surface area contributed by atoms with Crippen molar-refractivity contribution < 1.29 is 18.0 Å². The largest absolute Gasteiger partial charge is 0.416 e. The summed E-state index contributed by atoms with van der Waals surface area (Å²) in [5, 5.41) is 9.49. The molecule has 158 valence electrons. The van der Waals surface area contributed by atoms with Crippen molar-refractivity contribution in [1.29, 1.82) is 0 Å². The molecule has 1 aliphatic rings. The number of nitrogens with zero attached hydrogens (tertiary/aromatic N) is 1. The van der Waals surface area contributed by atoms with Gasteiger partial charge in [0.1, 0.15) is 0 Å². The molecule has 1 heterocycles. The number of thiazole rings is 1. The normalized spacial score (nSPS) is 19.9. The minimum atomic E-state index is -4.45. The summed E-state index contributed by atoms with van der Waals surface area (Å²) >= 11 is 1.65. The fourth-order valence-corrected chi connectivity index (χ4v) is 4.34. The van der Waals surface area contributed by atoms with E-state index < -0.39 is 17.6 Å². The fraction of sp³-hybridized carbons (Fsp3) is 0.524. The zero-order valence-corrected chi connectivity index (χ0v) is 17.4. The molecule has 0 radical (unpaired) electrons. The maximum Gasteiger partial charge on any atom is 0.416 e. The van der Waals surface area contributed by atoms with Crippen LogP contribution in [0.5, 0.6) is 0 Å². The minimum absolute atomic E-state index is 0.0613. The summed E-state index contributed by atoms with van der Waals surface area (Å²) in [6.07, 6.45) is -0.451. The number of alkyl halides is 3. The van der Waals surface area contributed by atoms with Gasteiger partial charge in [-0.1, -0.05) is 0 Å². The van der Waals surface area contributed by atoms with Crippen molar-refractivity contribution in [3.05, 3.63) is 51.0 Å². The van der Waals surface area contributed by atoms with Gasteiger partial charge in [-0.3, -0.25) is 4.79 Å². The van der Waals surface area contributed by atoms with E-state index in [1.807, 2.05) is 6.92 Å². The molecule has 1 saturated carbocycles. The number of hydrogen-bond acceptors (Lipinski definition) is 4. The molecular weight excluding hydrogens is 399 g/mol. The van der Waals surface area contributed by atoms with E-state index >= 15 is 0 Å². The number of aryl methyl sites for hydroxylation is 2. The lowest BCUT2D eigenvalue weighted by Gasteiger charge is -2.29. The zero-order valence-electron chi connectivity index (χ0n) is 16.6. The molecule has 3 rings (SSSR count). The lowest BCUT2D eigenvalue weighted by molar-refractivity contribution is -0.137. The second-order valence-corrected chi connectivity index (χ2v) is 8.81. The number of carbonyl (C=O) groups is 1. The van der Waals surface area contributed by atoms with Crippen LogP contribution in [0, 0.1) is 19.8 Å². The molecule has 1 aromatic carbocycles. The number of aromatic nitrogens is 1. The molecule has 4 nitrogen and oxygen atoms in total. The average molecular weight is 426 g/mol. The molecule has 0 bridgehead atoms. The van der Waals surface area contributed by atoms with E-state index in [0.29, 0.717) is 24.1 Å².